The van der Waals surface area contributed by atoms with Crippen molar-refractivity contribution in [3.05, 3.63) is 47.5 Å². The van der Waals surface area contributed by atoms with Crippen LogP contribution in [0, 0.1) is 12.3 Å². The van der Waals surface area contributed by atoms with Crippen molar-refractivity contribution in [2.24, 2.45) is 5.41 Å². The summed E-state index contributed by atoms with van der Waals surface area (Å²) in [6, 6.07) is 12.2. The molecule has 1 fully saturated rings. The summed E-state index contributed by atoms with van der Waals surface area (Å²) in [5.74, 6) is 1.12. The van der Waals surface area contributed by atoms with E-state index in [1.54, 1.807) is 7.11 Å². The number of piperidine rings is 1. The van der Waals surface area contributed by atoms with Crippen LogP contribution in [0.3, 0.4) is 0 Å². The average Bonchev–Trinajstić information content (AvgIpc) is 3.04. The van der Waals surface area contributed by atoms with Gasteiger partial charge in [-0.1, -0.05) is 39.0 Å². The van der Waals surface area contributed by atoms with E-state index in [2.05, 4.69) is 30.0 Å². The molecule has 0 saturated carbocycles. The number of ether oxygens (including phenoxy) is 1. The number of hydrogen-bond acceptors (Lipinski definition) is 4. The molecule has 5 heteroatoms. The number of fused-ring (bicyclic) bond motifs is 2. The predicted octanol–water partition coefficient (Wildman–Crippen LogP) is 4.64. The molecule has 1 spiro atoms. The molecule has 30 heavy (non-hydrogen) atoms. The zero-order valence-electron chi connectivity index (χ0n) is 18.8. The second-order valence-corrected chi connectivity index (χ2v) is 9.78. The molecule has 2 aromatic carbocycles. The fourth-order valence-corrected chi connectivity index (χ4v) is 5.20. The summed E-state index contributed by atoms with van der Waals surface area (Å²) in [6.07, 6.45) is 1.89. The maximum atomic E-state index is 12.8. The van der Waals surface area contributed by atoms with Crippen LogP contribution in [0.5, 0.6) is 5.75 Å². The highest BCUT2D eigenvalue weighted by atomic mass is 16.5. The second-order valence-electron chi connectivity index (χ2n) is 9.78. The van der Waals surface area contributed by atoms with Gasteiger partial charge in [0, 0.05) is 30.5 Å². The third-order valence-corrected chi connectivity index (χ3v) is 6.71. The first-order valence-electron chi connectivity index (χ1n) is 10.8. The van der Waals surface area contributed by atoms with Crippen LogP contribution in [0.1, 0.15) is 44.7 Å². The Balaban J connectivity index is 1.76. The predicted molar refractivity (Wildman–Crippen MR) is 123 cm³/mol. The van der Waals surface area contributed by atoms with Gasteiger partial charge in [-0.15, -0.1) is 0 Å². The third kappa shape index (κ3) is 3.21. The van der Waals surface area contributed by atoms with Crippen molar-refractivity contribution in [1.82, 2.24) is 4.90 Å². The van der Waals surface area contributed by atoms with Crippen LogP contribution < -0.4 is 15.4 Å². The number of hydrogen-bond donors (Lipinski definition) is 1. The molecule has 0 radical (unpaired) electrons. The van der Waals surface area contributed by atoms with Crippen LogP contribution in [0.4, 0.5) is 17.1 Å². The van der Waals surface area contributed by atoms with Crippen LogP contribution in [-0.2, 0) is 10.2 Å². The average molecular weight is 408 g/mol. The highest BCUT2D eigenvalue weighted by Gasteiger charge is 2.48. The van der Waals surface area contributed by atoms with Gasteiger partial charge in [-0.2, -0.15) is 0 Å². The minimum absolute atomic E-state index is 0.00903. The van der Waals surface area contributed by atoms with Crippen LogP contribution in [0.2, 0.25) is 0 Å². The van der Waals surface area contributed by atoms with Crippen LogP contribution in [0.25, 0.3) is 0 Å². The van der Waals surface area contributed by atoms with E-state index >= 15 is 0 Å². The largest absolute Gasteiger partial charge is 0.495 e. The molecule has 2 aliphatic rings. The lowest BCUT2D eigenvalue weighted by Crippen LogP contribution is -2.49. The standard InChI is InChI=1S/C25H33N3O2/c1-17-10-11-20(30-5)22-21(17)25(16-28(22)19-9-7-6-8-18(19)26)12-14-27(15-13-25)23(29)24(2,3)4/h6-11H,12-16,26H2,1-5H3. The number of likely N-dealkylation sites (tertiary alicyclic amines) is 1. The fraction of sp³-hybridized carbons (Fsp3) is 0.480. The third-order valence-electron chi connectivity index (χ3n) is 6.71. The van der Waals surface area contributed by atoms with Gasteiger partial charge in [-0.05, 0) is 49.1 Å². The van der Waals surface area contributed by atoms with Crippen molar-refractivity contribution >= 4 is 23.0 Å². The highest BCUT2D eigenvalue weighted by molar-refractivity contribution is 5.85. The number of amides is 1. The molecule has 0 unspecified atom stereocenters. The van der Waals surface area contributed by atoms with Gasteiger partial charge in [-0.25, -0.2) is 0 Å². The Morgan fingerprint density at radius 3 is 2.37 bits per heavy atom. The number of para-hydroxylation sites is 2. The van der Waals surface area contributed by atoms with Crippen molar-refractivity contribution in [1.29, 1.82) is 0 Å². The number of anilines is 3. The van der Waals surface area contributed by atoms with E-state index in [1.165, 1.54) is 11.1 Å². The molecule has 5 nitrogen and oxygen atoms in total. The molecule has 160 valence electrons. The summed E-state index contributed by atoms with van der Waals surface area (Å²) in [7, 11) is 1.73. The van der Waals surface area contributed by atoms with Gasteiger partial charge in [0.1, 0.15) is 5.75 Å². The second kappa shape index (κ2) is 7.22. The Labute approximate surface area is 179 Å². The Hall–Kier alpha value is -2.69. The number of aryl methyl sites for hydroxylation is 1. The maximum absolute atomic E-state index is 12.8. The maximum Gasteiger partial charge on any atom is 0.227 e. The Morgan fingerprint density at radius 1 is 1.10 bits per heavy atom. The molecule has 2 aliphatic heterocycles. The van der Waals surface area contributed by atoms with Crippen LogP contribution in [-0.4, -0.2) is 37.6 Å². The number of carbonyl (C=O) groups is 1. The van der Waals surface area contributed by atoms with Gasteiger partial charge >= 0.3 is 0 Å². The first-order valence-corrected chi connectivity index (χ1v) is 10.8. The minimum Gasteiger partial charge on any atom is -0.495 e. The number of methoxy groups -OCH3 is 1. The van der Waals surface area contributed by atoms with Crippen molar-refractivity contribution in [2.45, 2.75) is 46.0 Å². The zero-order chi connectivity index (χ0) is 21.7. The summed E-state index contributed by atoms with van der Waals surface area (Å²) in [6.45, 7) is 10.6. The number of nitrogen functional groups attached to an aromatic ring is 1. The lowest BCUT2D eigenvalue weighted by molar-refractivity contribution is -0.141. The van der Waals surface area contributed by atoms with E-state index in [4.69, 9.17) is 10.5 Å². The SMILES string of the molecule is COc1ccc(C)c2c1N(c1ccccc1N)CC21CCN(C(=O)C(C)(C)C)CC1. The topological polar surface area (TPSA) is 58.8 Å². The van der Waals surface area contributed by atoms with E-state index < -0.39 is 0 Å². The molecule has 4 rings (SSSR count). The van der Waals surface area contributed by atoms with E-state index in [0.29, 0.717) is 0 Å². The molecule has 2 aromatic rings. The number of nitrogens with two attached hydrogens (primary N) is 1. The van der Waals surface area contributed by atoms with Gasteiger partial charge in [0.25, 0.3) is 0 Å². The van der Waals surface area contributed by atoms with Crippen molar-refractivity contribution in [2.75, 3.05) is 37.4 Å². The normalized spacial score (nSPS) is 17.9. The van der Waals surface area contributed by atoms with Gasteiger partial charge in [0.05, 0.1) is 24.2 Å². The Kier molecular flexibility index (Phi) is 4.95. The number of carbonyl (C=O) groups excluding carboxylic acids is 1. The first kappa shape index (κ1) is 20.6. The van der Waals surface area contributed by atoms with E-state index in [9.17, 15) is 4.79 Å². The molecular formula is C25H33N3O2. The Bertz CT molecular complexity index is 969. The van der Waals surface area contributed by atoms with Crippen LogP contribution >= 0.6 is 0 Å². The molecule has 0 atom stereocenters. The number of benzene rings is 2. The molecule has 0 aromatic heterocycles. The lowest BCUT2D eigenvalue weighted by Gasteiger charge is -2.42. The number of rotatable bonds is 2. The first-order chi connectivity index (χ1) is 14.2. The van der Waals surface area contributed by atoms with E-state index in [1.807, 2.05) is 43.9 Å². The van der Waals surface area contributed by atoms with Gasteiger partial charge in [0.2, 0.25) is 5.91 Å². The van der Waals surface area contributed by atoms with Crippen molar-refractivity contribution in [3.63, 3.8) is 0 Å². The summed E-state index contributed by atoms with van der Waals surface area (Å²) >= 11 is 0. The summed E-state index contributed by atoms with van der Waals surface area (Å²) < 4.78 is 5.79. The summed E-state index contributed by atoms with van der Waals surface area (Å²) in [4.78, 5) is 17.2. The zero-order valence-corrected chi connectivity index (χ0v) is 18.8. The monoisotopic (exact) mass is 407 g/mol. The van der Waals surface area contributed by atoms with Crippen molar-refractivity contribution < 1.29 is 9.53 Å². The van der Waals surface area contributed by atoms with Gasteiger partial charge in [-0.3, -0.25) is 4.79 Å². The summed E-state index contributed by atoms with van der Waals surface area (Å²) in [5.41, 5.74) is 11.6. The van der Waals surface area contributed by atoms with Crippen LogP contribution in [0.15, 0.2) is 36.4 Å². The van der Waals surface area contributed by atoms with E-state index in [0.717, 1.165) is 55.3 Å². The molecule has 0 aliphatic carbocycles. The molecule has 1 amide bonds. The minimum atomic E-state index is -0.345. The van der Waals surface area contributed by atoms with Gasteiger partial charge in [0.15, 0.2) is 0 Å². The smallest absolute Gasteiger partial charge is 0.227 e. The molecule has 1 saturated heterocycles. The fourth-order valence-electron chi connectivity index (χ4n) is 5.20. The quantitative estimate of drug-likeness (QED) is 0.737. The molecular weight excluding hydrogens is 374 g/mol. The highest BCUT2D eigenvalue weighted by Crippen LogP contribution is 2.55. The number of nitrogens with zero attached hydrogens (tertiary/aromatic N) is 2. The molecule has 2 N–H and O–H groups in total. The van der Waals surface area contributed by atoms with Gasteiger partial charge < -0.3 is 20.3 Å². The summed E-state index contributed by atoms with van der Waals surface area (Å²) in [5, 5.41) is 0. The molecule has 0 bridgehead atoms. The Morgan fingerprint density at radius 2 is 1.77 bits per heavy atom. The van der Waals surface area contributed by atoms with Crippen molar-refractivity contribution in [3.8, 4) is 5.75 Å². The molecule has 2 heterocycles. The van der Waals surface area contributed by atoms with E-state index in [-0.39, 0.29) is 16.7 Å². The lowest BCUT2D eigenvalue weighted by atomic mass is 9.72.